The summed E-state index contributed by atoms with van der Waals surface area (Å²) in [6.45, 7) is 3.63. The average molecular weight is 249 g/mol. The molecule has 0 aromatic rings. The first-order chi connectivity index (χ1) is 7.47. The lowest BCUT2D eigenvalue weighted by atomic mass is 9.99. The molecule has 0 aliphatic carbocycles. The highest BCUT2D eigenvalue weighted by Crippen LogP contribution is 2.11. The van der Waals surface area contributed by atoms with Crippen LogP contribution in [-0.2, 0) is 10.0 Å². The molecule has 2 atom stereocenters. The molecular formula is C10H23N3O2S. The topological polar surface area (TPSA) is 84.2 Å². The zero-order valence-electron chi connectivity index (χ0n) is 9.91. The summed E-state index contributed by atoms with van der Waals surface area (Å²) in [5.41, 5.74) is 0. The molecule has 0 amide bonds. The van der Waals surface area contributed by atoms with Crippen molar-refractivity contribution in [3.8, 4) is 0 Å². The fourth-order valence-corrected chi connectivity index (χ4v) is 2.49. The molecular weight excluding hydrogens is 226 g/mol. The van der Waals surface area contributed by atoms with Crippen LogP contribution in [0.15, 0.2) is 0 Å². The van der Waals surface area contributed by atoms with Gasteiger partial charge >= 0.3 is 0 Å². The second-order valence-corrected chi connectivity index (χ2v) is 6.34. The molecule has 1 rings (SSSR count). The third-order valence-electron chi connectivity index (χ3n) is 2.93. The highest BCUT2D eigenvalue weighted by atomic mass is 32.2. The van der Waals surface area contributed by atoms with Gasteiger partial charge in [-0.15, -0.1) is 0 Å². The van der Waals surface area contributed by atoms with Gasteiger partial charge in [0.2, 0.25) is 10.0 Å². The van der Waals surface area contributed by atoms with Gasteiger partial charge in [-0.25, -0.2) is 13.6 Å². The van der Waals surface area contributed by atoms with Crippen LogP contribution in [0.4, 0.5) is 0 Å². The van der Waals surface area contributed by atoms with E-state index in [9.17, 15) is 8.42 Å². The summed E-state index contributed by atoms with van der Waals surface area (Å²) in [6, 6.07) is 0.906. The summed E-state index contributed by atoms with van der Waals surface area (Å²) in [4.78, 5) is 0. The van der Waals surface area contributed by atoms with Gasteiger partial charge < -0.3 is 10.6 Å². The third kappa shape index (κ3) is 6.42. The molecule has 4 N–H and O–H groups in total. The van der Waals surface area contributed by atoms with Gasteiger partial charge in [0, 0.05) is 18.6 Å². The van der Waals surface area contributed by atoms with Crippen molar-refractivity contribution < 1.29 is 8.42 Å². The molecule has 1 saturated heterocycles. The summed E-state index contributed by atoms with van der Waals surface area (Å²) in [6.07, 6.45) is 4.83. The van der Waals surface area contributed by atoms with Crippen molar-refractivity contribution in [1.82, 2.24) is 10.6 Å². The Hall–Kier alpha value is -0.170. The van der Waals surface area contributed by atoms with Gasteiger partial charge in [-0.2, -0.15) is 0 Å². The second kappa shape index (κ2) is 6.54. The van der Waals surface area contributed by atoms with Gasteiger partial charge in [0.05, 0.1) is 5.75 Å². The Balaban J connectivity index is 2.12. The van der Waals surface area contributed by atoms with E-state index in [0.29, 0.717) is 18.6 Å². The molecule has 16 heavy (non-hydrogen) atoms. The zero-order valence-corrected chi connectivity index (χ0v) is 10.7. The Morgan fingerprint density at radius 1 is 1.50 bits per heavy atom. The number of sulfonamides is 1. The van der Waals surface area contributed by atoms with E-state index in [1.807, 2.05) is 0 Å². The zero-order chi connectivity index (χ0) is 12.0. The van der Waals surface area contributed by atoms with Crippen molar-refractivity contribution in [2.45, 2.75) is 44.7 Å². The molecule has 1 fully saturated rings. The molecule has 1 aliphatic rings. The highest BCUT2D eigenvalue weighted by molar-refractivity contribution is 7.89. The van der Waals surface area contributed by atoms with Crippen molar-refractivity contribution in [1.29, 1.82) is 0 Å². The summed E-state index contributed by atoms with van der Waals surface area (Å²) in [5.74, 6) is 0.00936. The predicted molar refractivity (Wildman–Crippen MR) is 65.7 cm³/mol. The monoisotopic (exact) mass is 249 g/mol. The van der Waals surface area contributed by atoms with Crippen molar-refractivity contribution in [2.75, 3.05) is 18.8 Å². The third-order valence-corrected chi connectivity index (χ3v) is 3.70. The molecule has 0 spiro atoms. The molecule has 96 valence electrons. The number of nitrogens with one attached hydrogen (secondary N) is 2. The van der Waals surface area contributed by atoms with Crippen LogP contribution in [0.2, 0.25) is 0 Å². The van der Waals surface area contributed by atoms with E-state index in [4.69, 9.17) is 5.14 Å². The van der Waals surface area contributed by atoms with Crippen molar-refractivity contribution >= 4 is 10.0 Å². The van der Waals surface area contributed by atoms with Gasteiger partial charge in [-0.1, -0.05) is 6.42 Å². The lowest BCUT2D eigenvalue weighted by molar-refractivity contribution is 0.347. The highest BCUT2D eigenvalue weighted by Gasteiger charge is 2.15. The van der Waals surface area contributed by atoms with E-state index >= 15 is 0 Å². The SMILES string of the molecule is CC(CC1CCCCN1)NCCS(N)(=O)=O. The Morgan fingerprint density at radius 3 is 2.81 bits per heavy atom. The quantitative estimate of drug-likeness (QED) is 0.608. The van der Waals surface area contributed by atoms with Crippen LogP contribution in [0.25, 0.3) is 0 Å². The number of hydrogen-bond donors (Lipinski definition) is 3. The van der Waals surface area contributed by atoms with Gasteiger partial charge in [0.25, 0.3) is 0 Å². The largest absolute Gasteiger partial charge is 0.314 e. The average Bonchev–Trinajstić information content (AvgIpc) is 2.17. The molecule has 0 saturated carbocycles. The van der Waals surface area contributed by atoms with Gasteiger partial charge in [-0.3, -0.25) is 0 Å². The predicted octanol–water partition coefficient (Wildman–Crippen LogP) is -0.215. The Morgan fingerprint density at radius 2 is 2.25 bits per heavy atom. The molecule has 6 heteroatoms. The summed E-state index contributed by atoms with van der Waals surface area (Å²) >= 11 is 0. The van der Waals surface area contributed by atoms with Crippen molar-refractivity contribution in [2.24, 2.45) is 5.14 Å². The van der Waals surface area contributed by atoms with Crippen LogP contribution in [0.5, 0.6) is 0 Å². The standard InChI is InChI=1S/C10H23N3O2S/c1-9(12-6-7-16(11,14)15)8-10-4-2-3-5-13-10/h9-10,12-13H,2-8H2,1H3,(H2,11,14,15). The fraction of sp³-hybridized carbons (Fsp3) is 1.00. The molecule has 1 aliphatic heterocycles. The minimum absolute atomic E-state index is 0.00936. The normalized spacial score (nSPS) is 24.2. The first-order valence-electron chi connectivity index (χ1n) is 5.94. The van der Waals surface area contributed by atoms with Gasteiger partial charge in [-0.05, 0) is 32.7 Å². The molecule has 5 nitrogen and oxygen atoms in total. The van der Waals surface area contributed by atoms with Gasteiger partial charge in [0.15, 0.2) is 0 Å². The van der Waals surface area contributed by atoms with Crippen LogP contribution >= 0.6 is 0 Å². The van der Waals surface area contributed by atoms with Crippen LogP contribution < -0.4 is 15.8 Å². The summed E-state index contributed by atoms with van der Waals surface area (Å²) in [5, 5.41) is 11.6. The van der Waals surface area contributed by atoms with E-state index in [1.165, 1.54) is 19.3 Å². The number of nitrogens with two attached hydrogens (primary N) is 1. The molecule has 0 aromatic carbocycles. The van der Waals surface area contributed by atoms with Crippen molar-refractivity contribution in [3.63, 3.8) is 0 Å². The van der Waals surface area contributed by atoms with E-state index < -0.39 is 10.0 Å². The van der Waals surface area contributed by atoms with E-state index in [0.717, 1.165) is 13.0 Å². The van der Waals surface area contributed by atoms with E-state index in [2.05, 4.69) is 17.6 Å². The number of rotatable bonds is 6. The first-order valence-corrected chi connectivity index (χ1v) is 7.66. The molecule has 0 bridgehead atoms. The Labute approximate surface area is 98.2 Å². The van der Waals surface area contributed by atoms with Crippen LogP contribution in [0, 0.1) is 0 Å². The molecule has 1 heterocycles. The maximum Gasteiger partial charge on any atom is 0.210 e. The fourth-order valence-electron chi connectivity index (χ4n) is 2.08. The van der Waals surface area contributed by atoms with Gasteiger partial charge in [0.1, 0.15) is 0 Å². The number of primary sulfonamides is 1. The Kier molecular flexibility index (Phi) is 5.68. The number of hydrogen-bond acceptors (Lipinski definition) is 4. The van der Waals surface area contributed by atoms with Crippen LogP contribution in [-0.4, -0.2) is 39.3 Å². The Bertz CT molecular complexity index is 286. The summed E-state index contributed by atoms with van der Waals surface area (Å²) in [7, 11) is -3.33. The number of piperidine rings is 1. The van der Waals surface area contributed by atoms with Crippen LogP contribution in [0.1, 0.15) is 32.6 Å². The molecule has 2 unspecified atom stereocenters. The van der Waals surface area contributed by atoms with E-state index in [-0.39, 0.29) is 5.75 Å². The summed E-state index contributed by atoms with van der Waals surface area (Å²) < 4.78 is 21.5. The first kappa shape index (κ1) is 13.9. The lowest BCUT2D eigenvalue weighted by Gasteiger charge is -2.26. The molecule has 0 radical (unpaired) electrons. The van der Waals surface area contributed by atoms with E-state index in [1.54, 1.807) is 0 Å². The minimum Gasteiger partial charge on any atom is -0.314 e. The molecule has 0 aromatic heterocycles. The maximum atomic E-state index is 10.7. The smallest absolute Gasteiger partial charge is 0.210 e. The second-order valence-electron chi connectivity index (χ2n) is 4.60. The van der Waals surface area contributed by atoms with Crippen LogP contribution in [0.3, 0.4) is 0 Å². The van der Waals surface area contributed by atoms with Crippen molar-refractivity contribution in [3.05, 3.63) is 0 Å². The maximum absolute atomic E-state index is 10.7. The minimum atomic E-state index is -3.33. The lowest BCUT2D eigenvalue weighted by Crippen LogP contribution is -2.41.